The number of aromatic nitrogens is 2. The van der Waals surface area contributed by atoms with Gasteiger partial charge in [-0.3, -0.25) is 4.79 Å². The van der Waals surface area contributed by atoms with Crippen molar-refractivity contribution in [1.82, 2.24) is 9.97 Å². The molecule has 9 heteroatoms. The minimum Gasteiger partial charge on any atom is -0.506 e. The quantitative estimate of drug-likeness (QED) is 0.188. The molecule has 3 N–H and O–H groups in total. The lowest BCUT2D eigenvalue weighted by atomic mass is 10.1. The number of anilines is 1. The van der Waals surface area contributed by atoms with Gasteiger partial charge in [-0.05, 0) is 37.9 Å². The fourth-order valence-electron chi connectivity index (χ4n) is 3.31. The van der Waals surface area contributed by atoms with E-state index < -0.39 is 6.29 Å². The molecule has 3 rings (SSSR count). The van der Waals surface area contributed by atoms with Crippen LogP contribution in [0.25, 0.3) is 0 Å². The van der Waals surface area contributed by atoms with E-state index in [1.165, 1.54) is 6.07 Å². The average Bonchev–Trinajstić information content (AvgIpc) is 3.35. The number of hydrogen-bond acceptors (Lipinski definition) is 7. The van der Waals surface area contributed by atoms with E-state index in [0.29, 0.717) is 35.3 Å². The summed E-state index contributed by atoms with van der Waals surface area (Å²) in [6, 6.07) is 3.11. The number of aryl methyl sites for hydroxylation is 1. The molecule has 0 spiro atoms. The lowest BCUT2D eigenvalue weighted by Gasteiger charge is -2.10. The normalized spacial score (nSPS) is 15.9. The molecule has 30 heavy (non-hydrogen) atoms. The second-order valence-electron chi connectivity index (χ2n) is 7.41. The van der Waals surface area contributed by atoms with Crippen LogP contribution in [0.3, 0.4) is 0 Å². The van der Waals surface area contributed by atoms with Crippen molar-refractivity contribution in [1.29, 1.82) is 0 Å². The molecule has 0 saturated carbocycles. The van der Waals surface area contributed by atoms with Crippen molar-refractivity contribution in [2.45, 2.75) is 62.9 Å². The van der Waals surface area contributed by atoms with Crippen LogP contribution in [0.4, 0.5) is 5.69 Å². The number of unbranched alkanes of at least 4 members (excludes halogenated alkanes) is 1. The number of thiol groups is 2. The molecule has 0 fully saturated rings. The first-order chi connectivity index (χ1) is 14.5. The monoisotopic (exact) mass is 451 g/mol. The van der Waals surface area contributed by atoms with Crippen LogP contribution in [0.15, 0.2) is 24.7 Å². The van der Waals surface area contributed by atoms with Crippen LogP contribution in [0, 0.1) is 0 Å². The number of rotatable bonds is 12. The highest BCUT2D eigenvalue weighted by molar-refractivity contribution is 7.81. The molecule has 0 bridgehead atoms. The predicted octanol–water partition coefficient (Wildman–Crippen LogP) is 4.35. The molecule has 1 aromatic carbocycles. The first kappa shape index (κ1) is 22.7. The van der Waals surface area contributed by atoms with Crippen molar-refractivity contribution in [3.05, 3.63) is 30.4 Å². The highest BCUT2D eigenvalue weighted by atomic mass is 32.1. The van der Waals surface area contributed by atoms with E-state index in [1.807, 2.05) is 0 Å². The largest absolute Gasteiger partial charge is 0.506 e. The standard InChI is InChI=1S/C21H29N3O4S2/c25-17-11-19-18(27-21(28-19)7-3-4-14-12-22-13-23-14)10-16(17)24-20(26)6-2-1-5-15(30)8-9-29/h10-13,15,21,25,29-30H,1-9H2,(H,22,23)(H,24,26). The third-order valence-electron chi connectivity index (χ3n) is 4.95. The summed E-state index contributed by atoms with van der Waals surface area (Å²) in [5.74, 6) is 1.67. The average molecular weight is 452 g/mol. The molecular weight excluding hydrogens is 422 g/mol. The molecule has 1 aliphatic heterocycles. The zero-order valence-corrected chi connectivity index (χ0v) is 18.6. The maximum absolute atomic E-state index is 12.2. The zero-order valence-electron chi connectivity index (χ0n) is 16.8. The van der Waals surface area contributed by atoms with Crippen LogP contribution in [0.5, 0.6) is 17.2 Å². The Balaban J connectivity index is 1.43. The molecular formula is C21H29N3O4S2. The number of phenols is 1. The van der Waals surface area contributed by atoms with E-state index in [4.69, 9.17) is 9.47 Å². The summed E-state index contributed by atoms with van der Waals surface area (Å²) in [4.78, 5) is 19.3. The maximum Gasteiger partial charge on any atom is 0.241 e. The number of ether oxygens (including phenoxy) is 2. The Labute approximate surface area is 187 Å². The topological polar surface area (TPSA) is 96.5 Å². The molecule has 7 nitrogen and oxygen atoms in total. The van der Waals surface area contributed by atoms with E-state index in [2.05, 4.69) is 40.5 Å². The van der Waals surface area contributed by atoms with Crippen molar-refractivity contribution in [3.63, 3.8) is 0 Å². The number of hydrogen-bond donors (Lipinski definition) is 5. The van der Waals surface area contributed by atoms with Gasteiger partial charge in [0.05, 0.1) is 12.0 Å². The summed E-state index contributed by atoms with van der Waals surface area (Å²) < 4.78 is 11.6. The smallest absolute Gasteiger partial charge is 0.241 e. The number of benzene rings is 1. The Morgan fingerprint density at radius 1 is 1.23 bits per heavy atom. The number of phenolic OH excluding ortho intramolecular Hbond substituents is 1. The van der Waals surface area contributed by atoms with E-state index in [-0.39, 0.29) is 11.7 Å². The van der Waals surface area contributed by atoms with Crippen molar-refractivity contribution in [3.8, 4) is 17.2 Å². The third-order valence-corrected chi connectivity index (χ3v) is 5.72. The van der Waals surface area contributed by atoms with Gasteiger partial charge in [-0.2, -0.15) is 25.3 Å². The zero-order chi connectivity index (χ0) is 21.3. The molecule has 2 heterocycles. The number of carbonyl (C=O) groups is 1. The van der Waals surface area contributed by atoms with Crippen LogP contribution in [-0.4, -0.2) is 38.3 Å². The van der Waals surface area contributed by atoms with Gasteiger partial charge in [0.15, 0.2) is 11.5 Å². The highest BCUT2D eigenvalue weighted by Crippen LogP contribution is 2.42. The molecule has 164 valence electrons. The number of carbonyl (C=O) groups excluding carboxylic acids is 1. The van der Waals surface area contributed by atoms with Gasteiger partial charge < -0.3 is 24.9 Å². The molecule has 0 radical (unpaired) electrons. The van der Waals surface area contributed by atoms with Crippen molar-refractivity contribution >= 4 is 36.9 Å². The number of fused-ring (bicyclic) bond motifs is 1. The number of imidazole rings is 1. The van der Waals surface area contributed by atoms with Gasteiger partial charge in [0, 0.05) is 42.1 Å². The molecule has 2 unspecified atom stereocenters. The van der Waals surface area contributed by atoms with Crippen molar-refractivity contribution in [2.75, 3.05) is 11.1 Å². The first-order valence-electron chi connectivity index (χ1n) is 10.3. The SMILES string of the molecule is O=C(CCCCC(S)CCS)Nc1cc2c(cc1O)OC(CCCc1cnc[nH]1)O2. The lowest BCUT2D eigenvalue weighted by molar-refractivity contribution is -0.116. The highest BCUT2D eigenvalue weighted by Gasteiger charge is 2.26. The number of aromatic hydroxyl groups is 1. The summed E-state index contributed by atoms with van der Waals surface area (Å²) in [7, 11) is 0. The molecule has 1 amide bonds. The minimum absolute atomic E-state index is 0.0342. The summed E-state index contributed by atoms with van der Waals surface area (Å²) in [5.41, 5.74) is 1.40. The lowest BCUT2D eigenvalue weighted by Crippen LogP contribution is -2.17. The summed E-state index contributed by atoms with van der Waals surface area (Å²) in [6.07, 6.45) is 9.53. The Hall–Kier alpha value is -2.00. The molecule has 1 aromatic heterocycles. The second-order valence-corrected chi connectivity index (χ2v) is 8.59. The minimum atomic E-state index is -0.403. The van der Waals surface area contributed by atoms with Gasteiger partial charge in [-0.15, -0.1) is 0 Å². The summed E-state index contributed by atoms with van der Waals surface area (Å²) in [5, 5.41) is 13.3. The van der Waals surface area contributed by atoms with Crippen LogP contribution in [-0.2, 0) is 11.2 Å². The summed E-state index contributed by atoms with van der Waals surface area (Å²) >= 11 is 8.70. The van der Waals surface area contributed by atoms with E-state index >= 15 is 0 Å². The number of amides is 1. The van der Waals surface area contributed by atoms with Crippen LogP contribution in [0.1, 0.15) is 50.6 Å². The first-order valence-corrected chi connectivity index (χ1v) is 11.5. The molecule has 0 saturated heterocycles. The maximum atomic E-state index is 12.2. The predicted molar refractivity (Wildman–Crippen MR) is 123 cm³/mol. The number of nitrogens with one attached hydrogen (secondary N) is 2. The number of H-pyrrole nitrogens is 1. The van der Waals surface area contributed by atoms with E-state index in [9.17, 15) is 9.90 Å². The second kappa shape index (κ2) is 11.4. The van der Waals surface area contributed by atoms with Crippen molar-refractivity contribution < 1.29 is 19.4 Å². The van der Waals surface area contributed by atoms with E-state index in [1.54, 1.807) is 18.6 Å². The number of nitrogens with zero attached hydrogens (tertiary/aromatic N) is 1. The Kier molecular flexibility index (Phi) is 8.62. The molecule has 1 aliphatic rings. The van der Waals surface area contributed by atoms with Gasteiger partial charge in [-0.1, -0.05) is 6.42 Å². The van der Waals surface area contributed by atoms with Crippen LogP contribution in [0.2, 0.25) is 0 Å². The van der Waals surface area contributed by atoms with Gasteiger partial charge >= 0.3 is 0 Å². The number of aromatic amines is 1. The Morgan fingerprint density at radius 3 is 2.77 bits per heavy atom. The van der Waals surface area contributed by atoms with E-state index in [0.717, 1.165) is 50.0 Å². The van der Waals surface area contributed by atoms with Crippen molar-refractivity contribution in [2.24, 2.45) is 0 Å². The third kappa shape index (κ3) is 6.77. The summed E-state index contributed by atoms with van der Waals surface area (Å²) in [6.45, 7) is 0. The fraction of sp³-hybridized carbons (Fsp3) is 0.524. The van der Waals surface area contributed by atoms with Crippen LogP contribution >= 0.6 is 25.3 Å². The van der Waals surface area contributed by atoms with Gasteiger partial charge in [0.2, 0.25) is 12.2 Å². The van der Waals surface area contributed by atoms with Gasteiger partial charge in [0.1, 0.15) is 5.75 Å². The fourth-order valence-corrected chi connectivity index (χ4v) is 4.14. The molecule has 2 atom stereocenters. The molecule has 0 aliphatic carbocycles. The van der Waals surface area contributed by atoms with Gasteiger partial charge in [-0.25, -0.2) is 4.98 Å². The van der Waals surface area contributed by atoms with Crippen LogP contribution < -0.4 is 14.8 Å². The van der Waals surface area contributed by atoms with Gasteiger partial charge in [0.25, 0.3) is 0 Å². The Morgan fingerprint density at radius 2 is 2.03 bits per heavy atom. The molecule has 2 aromatic rings. The Bertz CT molecular complexity index is 817.